The summed E-state index contributed by atoms with van der Waals surface area (Å²) >= 11 is 0. The van der Waals surface area contributed by atoms with E-state index in [9.17, 15) is 9.59 Å². The SMILES string of the molecule is CC(=O)NC1(c2noc(CCC(=O)NCCc3cnn(-c4ccccc4)c3)n2)CCCCCC1. The lowest BCUT2D eigenvalue weighted by atomic mass is 9.89. The Bertz CT molecular complexity index is 1080. The van der Waals surface area contributed by atoms with E-state index >= 15 is 0 Å². The first-order chi connectivity index (χ1) is 16.5. The van der Waals surface area contributed by atoms with Gasteiger partial charge in [-0.2, -0.15) is 10.1 Å². The first kappa shape index (κ1) is 23.7. The topological polar surface area (TPSA) is 115 Å². The summed E-state index contributed by atoms with van der Waals surface area (Å²) in [4.78, 5) is 28.7. The van der Waals surface area contributed by atoms with Crippen LogP contribution in [-0.2, 0) is 28.0 Å². The van der Waals surface area contributed by atoms with Crippen LogP contribution < -0.4 is 10.6 Å². The first-order valence-electron chi connectivity index (χ1n) is 12.0. The number of benzene rings is 1. The highest BCUT2D eigenvalue weighted by Crippen LogP contribution is 2.34. The molecule has 1 aliphatic carbocycles. The molecule has 9 heteroatoms. The maximum absolute atomic E-state index is 12.3. The van der Waals surface area contributed by atoms with Crippen molar-refractivity contribution in [2.75, 3.05) is 6.54 Å². The maximum atomic E-state index is 12.3. The second-order valence-corrected chi connectivity index (χ2v) is 8.92. The number of carbonyl (C=O) groups excluding carboxylic acids is 2. The normalized spacial score (nSPS) is 15.4. The van der Waals surface area contributed by atoms with Gasteiger partial charge in [-0.05, 0) is 37.0 Å². The zero-order chi connectivity index (χ0) is 23.8. The van der Waals surface area contributed by atoms with E-state index in [0.717, 1.165) is 49.8 Å². The van der Waals surface area contributed by atoms with E-state index in [-0.39, 0.29) is 18.2 Å². The molecule has 180 valence electrons. The highest BCUT2D eigenvalue weighted by Gasteiger charge is 2.38. The maximum Gasteiger partial charge on any atom is 0.227 e. The quantitative estimate of drug-likeness (QED) is 0.470. The van der Waals surface area contributed by atoms with Crippen molar-refractivity contribution in [1.29, 1.82) is 0 Å². The Morgan fingerprint density at radius 1 is 1.09 bits per heavy atom. The zero-order valence-electron chi connectivity index (χ0n) is 19.6. The molecule has 2 heterocycles. The minimum absolute atomic E-state index is 0.0683. The number of para-hydroxylation sites is 1. The van der Waals surface area contributed by atoms with Crippen molar-refractivity contribution >= 4 is 11.8 Å². The van der Waals surface area contributed by atoms with E-state index in [1.165, 1.54) is 6.92 Å². The van der Waals surface area contributed by atoms with Crippen molar-refractivity contribution in [3.05, 3.63) is 60.0 Å². The largest absolute Gasteiger partial charge is 0.356 e. The van der Waals surface area contributed by atoms with Crippen molar-refractivity contribution in [1.82, 2.24) is 30.6 Å². The molecular weight excluding hydrogens is 432 g/mol. The molecule has 2 aromatic heterocycles. The van der Waals surface area contributed by atoms with Gasteiger partial charge in [0.15, 0.2) is 5.82 Å². The van der Waals surface area contributed by atoms with Crippen molar-refractivity contribution in [3.8, 4) is 5.69 Å². The van der Waals surface area contributed by atoms with E-state index in [2.05, 4.69) is 25.9 Å². The van der Waals surface area contributed by atoms with E-state index in [4.69, 9.17) is 4.52 Å². The highest BCUT2D eigenvalue weighted by atomic mass is 16.5. The molecule has 9 nitrogen and oxygen atoms in total. The van der Waals surface area contributed by atoms with Crippen molar-refractivity contribution < 1.29 is 14.1 Å². The number of nitrogens with one attached hydrogen (secondary N) is 2. The molecule has 0 aliphatic heterocycles. The molecule has 0 unspecified atom stereocenters. The van der Waals surface area contributed by atoms with Crippen LogP contribution >= 0.6 is 0 Å². The van der Waals surface area contributed by atoms with Gasteiger partial charge in [0.05, 0.1) is 11.9 Å². The van der Waals surface area contributed by atoms with Gasteiger partial charge < -0.3 is 15.2 Å². The van der Waals surface area contributed by atoms with Gasteiger partial charge in [-0.1, -0.05) is 49.0 Å². The molecule has 1 aliphatic rings. The number of rotatable bonds is 9. The minimum Gasteiger partial charge on any atom is -0.356 e. The molecule has 34 heavy (non-hydrogen) atoms. The van der Waals surface area contributed by atoms with E-state index < -0.39 is 5.54 Å². The van der Waals surface area contributed by atoms with Crippen LogP contribution in [-0.4, -0.2) is 38.3 Å². The van der Waals surface area contributed by atoms with Crippen LogP contribution in [0.3, 0.4) is 0 Å². The fourth-order valence-corrected chi connectivity index (χ4v) is 4.49. The summed E-state index contributed by atoms with van der Waals surface area (Å²) in [6.45, 7) is 2.05. The van der Waals surface area contributed by atoms with Crippen LogP contribution in [0.25, 0.3) is 5.69 Å². The molecule has 1 aromatic carbocycles. The predicted molar refractivity (Wildman–Crippen MR) is 126 cm³/mol. The molecule has 1 fully saturated rings. The van der Waals surface area contributed by atoms with Gasteiger partial charge in [0, 0.05) is 32.5 Å². The zero-order valence-corrected chi connectivity index (χ0v) is 19.6. The molecule has 2 amide bonds. The number of hydrogen-bond acceptors (Lipinski definition) is 6. The van der Waals surface area contributed by atoms with Crippen LogP contribution in [0.15, 0.2) is 47.2 Å². The highest BCUT2D eigenvalue weighted by molar-refractivity contribution is 5.76. The summed E-state index contributed by atoms with van der Waals surface area (Å²) in [6, 6.07) is 9.90. The van der Waals surface area contributed by atoms with Crippen molar-refractivity contribution in [2.24, 2.45) is 0 Å². The molecular formula is C25H32N6O3. The standard InChI is InChI=1S/C25H32N6O3/c1-19(32)29-25(14-7-2-3-8-15-25)24-28-23(34-30-24)12-11-22(33)26-16-13-20-17-27-31(18-20)21-9-5-4-6-10-21/h4-6,9-10,17-18H,2-3,7-8,11-16H2,1H3,(H,26,33)(H,29,32). The monoisotopic (exact) mass is 464 g/mol. The Morgan fingerprint density at radius 3 is 2.59 bits per heavy atom. The number of carbonyl (C=O) groups is 2. The Kier molecular flexibility index (Phi) is 7.72. The lowest BCUT2D eigenvalue weighted by molar-refractivity contribution is -0.122. The van der Waals surface area contributed by atoms with Gasteiger partial charge in [-0.15, -0.1) is 0 Å². The summed E-state index contributed by atoms with van der Waals surface area (Å²) in [5, 5.41) is 14.6. The van der Waals surface area contributed by atoms with Gasteiger partial charge in [-0.25, -0.2) is 4.68 Å². The second kappa shape index (κ2) is 11.1. The van der Waals surface area contributed by atoms with Crippen LogP contribution in [0.5, 0.6) is 0 Å². The van der Waals surface area contributed by atoms with E-state index in [1.54, 1.807) is 0 Å². The number of hydrogen-bond donors (Lipinski definition) is 2. The van der Waals surface area contributed by atoms with Gasteiger partial charge in [0.25, 0.3) is 0 Å². The third-order valence-electron chi connectivity index (χ3n) is 6.23. The Hall–Kier alpha value is -3.49. The molecule has 0 atom stereocenters. The Balaban J connectivity index is 1.25. The molecule has 2 N–H and O–H groups in total. The minimum atomic E-state index is -0.573. The summed E-state index contributed by atoms with van der Waals surface area (Å²) in [5.74, 6) is 0.780. The third-order valence-corrected chi connectivity index (χ3v) is 6.23. The summed E-state index contributed by atoms with van der Waals surface area (Å²) < 4.78 is 7.26. The van der Waals surface area contributed by atoms with E-state index in [0.29, 0.717) is 31.1 Å². The average molecular weight is 465 g/mol. The van der Waals surface area contributed by atoms with Crippen LogP contribution in [0, 0.1) is 0 Å². The van der Waals surface area contributed by atoms with Gasteiger partial charge in [0.2, 0.25) is 17.7 Å². The number of aromatic nitrogens is 4. The molecule has 0 saturated heterocycles. The van der Waals surface area contributed by atoms with Crippen molar-refractivity contribution in [3.63, 3.8) is 0 Å². The summed E-state index contributed by atoms with van der Waals surface area (Å²) in [7, 11) is 0. The molecule has 0 bridgehead atoms. The van der Waals surface area contributed by atoms with Gasteiger partial charge in [0.1, 0.15) is 5.54 Å². The Morgan fingerprint density at radius 2 is 1.85 bits per heavy atom. The smallest absolute Gasteiger partial charge is 0.227 e. The van der Waals surface area contributed by atoms with Crippen LogP contribution in [0.4, 0.5) is 0 Å². The van der Waals surface area contributed by atoms with Crippen LogP contribution in [0.1, 0.15) is 69.1 Å². The number of aryl methyl sites for hydroxylation is 1. The predicted octanol–water partition coefficient (Wildman–Crippen LogP) is 3.23. The number of amides is 2. The Labute approximate surface area is 199 Å². The van der Waals surface area contributed by atoms with Crippen molar-refractivity contribution in [2.45, 2.75) is 70.3 Å². The summed E-state index contributed by atoms with van der Waals surface area (Å²) in [6.07, 6.45) is 11.0. The lowest BCUT2D eigenvalue weighted by Gasteiger charge is -2.30. The average Bonchev–Trinajstić information content (AvgIpc) is 3.45. The van der Waals surface area contributed by atoms with Crippen LogP contribution in [0.2, 0.25) is 0 Å². The van der Waals surface area contributed by atoms with E-state index in [1.807, 2.05) is 47.4 Å². The molecule has 0 radical (unpaired) electrons. The second-order valence-electron chi connectivity index (χ2n) is 8.92. The lowest BCUT2D eigenvalue weighted by Crippen LogP contribution is -2.45. The fraction of sp³-hybridized carbons (Fsp3) is 0.480. The first-order valence-corrected chi connectivity index (χ1v) is 12.0. The molecule has 4 rings (SSSR count). The molecule has 0 spiro atoms. The molecule has 1 saturated carbocycles. The number of nitrogens with zero attached hydrogens (tertiary/aromatic N) is 4. The fourth-order valence-electron chi connectivity index (χ4n) is 4.49. The van der Waals surface area contributed by atoms with Gasteiger partial charge in [-0.3, -0.25) is 9.59 Å². The molecule has 3 aromatic rings. The third kappa shape index (κ3) is 6.09. The summed E-state index contributed by atoms with van der Waals surface area (Å²) in [5.41, 5.74) is 1.48. The van der Waals surface area contributed by atoms with Gasteiger partial charge >= 0.3 is 0 Å².